The lowest BCUT2D eigenvalue weighted by Gasteiger charge is -2.25. The van der Waals surface area contributed by atoms with Crippen molar-refractivity contribution in [3.63, 3.8) is 0 Å². The molecule has 1 aromatic rings. The maximum absolute atomic E-state index is 12.3. The number of ether oxygens (including phenoxy) is 2. The first-order valence-corrected chi connectivity index (χ1v) is 8.18. The van der Waals surface area contributed by atoms with Gasteiger partial charge in [0, 0.05) is 6.04 Å². The number of carbonyl (C=O) groups excluding carboxylic acids is 1. The molecule has 4 nitrogen and oxygen atoms in total. The van der Waals surface area contributed by atoms with Crippen LogP contribution >= 0.6 is 0 Å². The van der Waals surface area contributed by atoms with Crippen LogP contribution in [0.5, 0.6) is 5.75 Å². The summed E-state index contributed by atoms with van der Waals surface area (Å²) in [6.45, 7) is 13.2. The zero-order valence-electron chi connectivity index (χ0n) is 14.5. The molecule has 0 fully saturated rings. The van der Waals surface area contributed by atoms with E-state index in [0.717, 1.165) is 25.1 Å². The van der Waals surface area contributed by atoms with E-state index in [0.29, 0.717) is 24.5 Å². The van der Waals surface area contributed by atoms with Crippen molar-refractivity contribution in [3.8, 4) is 5.75 Å². The number of carbonyl (C=O) groups is 1. The number of benzene rings is 1. The highest BCUT2D eigenvalue weighted by Gasteiger charge is 2.17. The number of likely N-dealkylation sites (N-methyl/N-ethyl adjacent to an activating group) is 1. The molecular weight excluding hydrogens is 278 g/mol. The average Bonchev–Trinajstić information content (AvgIpc) is 2.51. The van der Waals surface area contributed by atoms with Crippen LogP contribution in [0, 0.1) is 6.92 Å². The van der Waals surface area contributed by atoms with Crippen LogP contribution in [0.2, 0.25) is 0 Å². The lowest BCUT2D eigenvalue weighted by Crippen LogP contribution is -2.36. The minimum absolute atomic E-state index is 0.212. The summed E-state index contributed by atoms with van der Waals surface area (Å²) in [6, 6.07) is 5.79. The van der Waals surface area contributed by atoms with Crippen LogP contribution in [0.1, 0.15) is 50.0 Å². The SMILES string of the molecule is CCCOc1cc(C)ccc1C(=O)OC[C@H](C)N(CC)CC. The molecule has 1 atom stereocenters. The van der Waals surface area contributed by atoms with E-state index in [1.54, 1.807) is 6.07 Å². The summed E-state index contributed by atoms with van der Waals surface area (Å²) in [6.07, 6.45) is 0.904. The van der Waals surface area contributed by atoms with Crippen molar-refractivity contribution < 1.29 is 14.3 Å². The molecule has 0 radical (unpaired) electrons. The molecule has 4 heteroatoms. The van der Waals surface area contributed by atoms with Crippen LogP contribution in [-0.2, 0) is 4.74 Å². The van der Waals surface area contributed by atoms with Crippen molar-refractivity contribution in [1.82, 2.24) is 4.90 Å². The first kappa shape index (κ1) is 18.5. The van der Waals surface area contributed by atoms with Gasteiger partial charge in [-0.15, -0.1) is 0 Å². The van der Waals surface area contributed by atoms with Crippen molar-refractivity contribution in [2.45, 2.75) is 47.1 Å². The fraction of sp³-hybridized carbons (Fsp3) is 0.611. The Morgan fingerprint density at radius 1 is 1.23 bits per heavy atom. The highest BCUT2D eigenvalue weighted by Crippen LogP contribution is 2.21. The molecule has 0 bridgehead atoms. The van der Waals surface area contributed by atoms with Gasteiger partial charge in [0.2, 0.25) is 0 Å². The number of hydrogen-bond donors (Lipinski definition) is 0. The van der Waals surface area contributed by atoms with Gasteiger partial charge in [-0.2, -0.15) is 0 Å². The molecule has 0 aromatic heterocycles. The summed E-state index contributed by atoms with van der Waals surface area (Å²) in [4.78, 5) is 14.6. The fourth-order valence-electron chi connectivity index (χ4n) is 2.36. The smallest absolute Gasteiger partial charge is 0.341 e. The predicted molar refractivity (Wildman–Crippen MR) is 89.6 cm³/mol. The van der Waals surface area contributed by atoms with Gasteiger partial charge in [0.05, 0.1) is 6.61 Å². The average molecular weight is 307 g/mol. The molecule has 0 heterocycles. The predicted octanol–water partition coefficient (Wildman–Crippen LogP) is 3.67. The van der Waals surface area contributed by atoms with Crippen LogP contribution in [0.3, 0.4) is 0 Å². The molecule has 1 rings (SSSR count). The third kappa shape index (κ3) is 5.34. The molecule has 22 heavy (non-hydrogen) atoms. The van der Waals surface area contributed by atoms with E-state index in [1.165, 1.54) is 0 Å². The Labute approximate surface area is 134 Å². The zero-order valence-corrected chi connectivity index (χ0v) is 14.5. The summed E-state index contributed by atoms with van der Waals surface area (Å²) in [5, 5.41) is 0. The van der Waals surface area contributed by atoms with E-state index < -0.39 is 0 Å². The second-order valence-corrected chi connectivity index (χ2v) is 5.52. The molecule has 124 valence electrons. The second-order valence-electron chi connectivity index (χ2n) is 5.52. The number of hydrogen-bond acceptors (Lipinski definition) is 4. The highest BCUT2D eigenvalue weighted by molar-refractivity contribution is 5.92. The Bertz CT molecular complexity index is 469. The highest BCUT2D eigenvalue weighted by atomic mass is 16.5. The van der Waals surface area contributed by atoms with E-state index in [1.807, 2.05) is 26.0 Å². The maximum atomic E-state index is 12.3. The van der Waals surface area contributed by atoms with Crippen LogP contribution in [-0.4, -0.2) is 43.2 Å². The van der Waals surface area contributed by atoms with Gasteiger partial charge in [-0.3, -0.25) is 4.90 Å². The van der Waals surface area contributed by atoms with Gasteiger partial charge >= 0.3 is 5.97 Å². The lowest BCUT2D eigenvalue weighted by atomic mass is 10.1. The molecule has 1 aromatic carbocycles. The van der Waals surface area contributed by atoms with Crippen molar-refractivity contribution in [1.29, 1.82) is 0 Å². The molecule has 0 aliphatic carbocycles. The van der Waals surface area contributed by atoms with E-state index in [4.69, 9.17) is 9.47 Å². The third-order valence-electron chi connectivity index (χ3n) is 3.71. The maximum Gasteiger partial charge on any atom is 0.341 e. The van der Waals surface area contributed by atoms with E-state index >= 15 is 0 Å². The Hall–Kier alpha value is -1.55. The molecule has 0 saturated heterocycles. The monoisotopic (exact) mass is 307 g/mol. The molecular formula is C18H29NO3. The molecule has 0 saturated carbocycles. The summed E-state index contributed by atoms with van der Waals surface area (Å²) in [5.41, 5.74) is 1.57. The normalized spacial score (nSPS) is 12.3. The Balaban J connectivity index is 2.72. The number of rotatable bonds is 9. The Morgan fingerprint density at radius 3 is 2.50 bits per heavy atom. The summed E-state index contributed by atoms with van der Waals surface area (Å²) < 4.78 is 11.1. The van der Waals surface area contributed by atoms with Gasteiger partial charge in [0.15, 0.2) is 0 Å². The summed E-state index contributed by atoms with van der Waals surface area (Å²) in [5.74, 6) is 0.299. The Morgan fingerprint density at radius 2 is 1.91 bits per heavy atom. The lowest BCUT2D eigenvalue weighted by molar-refractivity contribution is 0.0377. The van der Waals surface area contributed by atoms with Crippen LogP contribution < -0.4 is 4.74 Å². The topological polar surface area (TPSA) is 38.8 Å². The second kappa shape index (κ2) is 9.46. The van der Waals surface area contributed by atoms with Crippen LogP contribution in [0.25, 0.3) is 0 Å². The molecule has 0 aliphatic rings. The minimum atomic E-state index is -0.315. The molecule has 0 amide bonds. The van der Waals surface area contributed by atoms with Gasteiger partial charge in [0.25, 0.3) is 0 Å². The van der Waals surface area contributed by atoms with Gasteiger partial charge in [-0.05, 0) is 51.1 Å². The van der Waals surface area contributed by atoms with Gasteiger partial charge in [-0.1, -0.05) is 26.8 Å². The molecule has 0 N–H and O–H groups in total. The number of esters is 1. The Kier molecular flexibility index (Phi) is 7.96. The van der Waals surface area contributed by atoms with Crippen LogP contribution in [0.4, 0.5) is 0 Å². The fourth-order valence-corrected chi connectivity index (χ4v) is 2.36. The van der Waals surface area contributed by atoms with E-state index in [9.17, 15) is 4.79 Å². The summed E-state index contributed by atoms with van der Waals surface area (Å²) >= 11 is 0. The van der Waals surface area contributed by atoms with Crippen molar-refractivity contribution in [2.75, 3.05) is 26.3 Å². The van der Waals surface area contributed by atoms with E-state index in [-0.39, 0.29) is 12.0 Å². The zero-order chi connectivity index (χ0) is 16.5. The van der Waals surface area contributed by atoms with Crippen molar-refractivity contribution >= 4 is 5.97 Å². The first-order valence-electron chi connectivity index (χ1n) is 8.18. The standard InChI is InChI=1S/C18H29NO3/c1-6-11-21-17-12-14(4)9-10-16(17)18(20)22-13-15(5)19(7-2)8-3/h9-10,12,15H,6-8,11,13H2,1-5H3/t15-/m0/s1. The minimum Gasteiger partial charge on any atom is -0.493 e. The number of nitrogens with zero attached hydrogens (tertiary/aromatic N) is 1. The molecule has 0 unspecified atom stereocenters. The molecule has 0 aliphatic heterocycles. The van der Waals surface area contributed by atoms with Crippen molar-refractivity contribution in [3.05, 3.63) is 29.3 Å². The van der Waals surface area contributed by atoms with Crippen molar-refractivity contribution in [2.24, 2.45) is 0 Å². The molecule has 0 spiro atoms. The largest absolute Gasteiger partial charge is 0.493 e. The van der Waals surface area contributed by atoms with Crippen LogP contribution in [0.15, 0.2) is 18.2 Å². The van der Waals surface area contributed by atoms with Gasteiger partial charge < -0.3 is 9.47 Å². The van der Waals surface area contributed by atoms with E-state index in [2.05, 4.69) is 25.7 Å². The quantitative estimate of drug-likeness (QED) is 0.653. The van der Waals surface area contributed by atoms with Gasteiger partial charge in [0.1, 0.15) is 17.9 Å². The van der Waals surface area contributed by atoms with Gasteiger partial charge in [-0.25, -0.2) is 4.79 Å². The third-order valence-corrected chi connectivity index (χ3v) is 3.71. The number of aryl methyl sites for hydroxylation is 1. The first-order chi connectivity index (χ1) is 10.5. The summed E-state index contributed by atoms with van der Waals surface area (Å²) in [7, 11) is 0.